The minimum atomic E-state index is -1.16. The number of anilines is 1. The maximum absolute atomic E-state index is 12.8. The molecule has 4 rings (SSSR count). The summed E-state index contributed by atoms with van der Waals surface area (Å²) in [6.07, 6.45) is 0.969. The van der Waals surface area contributed by atoms with Crippen LogP contribution in [-0.2, 0) is 17.6 Å². The third-order valence-electron chi connectivity index (χ3n) is 6.37. The average molecular weight is 511 g/mol. The minimum absolute atomic E-state index is 0.0352. The lowest BCUT2D eigenvalue weighted by Crippen LogP contribution is -2.42. The number of nitrogens with one attached hydrogen (secondary N) is 2. The highest BCUT2D eigenvalue weighted by atomic mass is 16.4. The van der Waals surface area contributed by atoms with E-state index in [0.717, 1.165) is 28.7 Å². The number of aliphatic carboxylic acids is 1. The molecule has 1 unspecified atom stereocenters. The van der Waals surface area contributed by atoms with Crippen LogP contribution in [0.3, 0.4) is 0 Å². The van der Waals surface area contributed by atoms with Crippen molar-refractivity contribution in [2.45, 2.75) is 39.7 Å². The summed E-state index contributed by atoms with van der Waals surface area (Å²) in [6.45, 7) is 5.87. The number of benzene rings is 3. The number of hydrogen-bond acceptors (Lipinski definition) is 4. The van der Waals surface area contributed by atoms with Gasteiger partial charge in [0.05, 0.1) is 0 Å². The van der Waals surface area contributed by atoms with Gasteiger partial charge in [-0.3, -0.25) is 9.59 Å². The van der Waals surface area contributed by atoms with Crippen molar-refractivity contribution >= 4 is 23.5 Å². The van der Waals surface area contributed by atoms with Gasteiger partial charge >= 0.3 is 5.97 Å². The van der Waals surface area contributed by atoms with Crippen molar-refractivity contribution in [3.63, 3.8) is 0 Å². The largest absolute Gasteiger partial charge is 0.480 e. The predicted octanol–water partition coefficient (Wildman–Crippen LogP) is 5.80. The average Bonchev–Trinajstić information content (AvgIpc) is 3.41. The van der Waals surface area contributed by atoms with Gasteiger partial charge in [0.25, 0.3) is 11.8 Å². The number of furan rings is 1. The maximum Gasteiger partial charge on any atom is 0.326 e. The highest BCUT2D eigenvalue weighted by Crippen LogP contribution is 2.23. The molecule has 2 amide bonds. The molecule has 1 heterocycles. The number of carbonyl (C=O) groups excluding carboxylic acids is 2. The number of rotatable bonds is 9. The maximum atomic E-state index is 12.8. The van der Waals surface area contributed by atoms with Crippen LogP contribution in [0.4, 0.5) is 5.69 Å². The van der Waals surface area contributed by atoms with Crippen LogP contribution in [0.2, 0.25) is 0 Å². The zero-order valence-electron chi connectivity index (χ0n) is 21.6. The summed E-state index contributed by atoms with van der Waals surface area (Å²) in [6, 6.07) is 22.5. The normalized spacial score (nSPS) is 11.6. The van der Waals surface area contributed by atoms with Gasteiger partial charge in [0.15, 0.2) is 5.76 Å². The molecule has 0 radical (unpaired) electrons. The van der Waals surface area contributed by atoms with Gasteiger partial charge in [0.1, 0.15) is 11.8 Å². The fourth-order valence-corrected chi connectivity index (χ4v) is 4.08. The standard InChI is InChI=1S/C31H30N2O5/c1-4-21-7-12-24(13-8-21)29(34)32-25-14-9-22(17-20(25)3)18-26(31(36)37)33-30(35)28-16-15-27(38-28)23-10-5-19(2)6-11-23/h5-17,26H,4,18H2,1-3H3,(H,32,34)(H,33,35)(H,36,37). The van der Waals surface area contributed by atoms with Crippen LogP contribution in [0, 0.1) is 13.8 Å². The van der Waals surface area contributed by atoms with E-state index in [0.29, 0.717) is 22.6 Å². The summed E-state index contributed by atoms with van der Waals surface area (Å²) in [7, 11) is 0. The van der Waals surface area contributed by atoms with E-state index in [1.807, 2.05) is 50.2 Å². The lowest BCUT2D eigenvalue weighted by molar-refractivity contribution is -0.139. The Balaban J connectivity index is 1.41. The molecule has 0 spiro atoms. The molecular weight excluding hydrogens is 480 g/mol. The Kier molecular flexibility index (Phi) is 8.06. The lowest BCUT2D eigenvalue weighted by Gasteiger charge is -2.15. The van der Waals surface area contributed by atoms with Gasteiger partial charge in [-0.15, -0.1) is 0 Å². The molecule has 1 aromatic heterocycles. The lowest BCUT2D eigenvalue weighted by atomic mass is 10.0. The first kappa shape index (κ1) is 26.4. The molecular formula is C31H30N2O5. The third-order valence-corrected chi connectivity index (χ3v) is 6.37. The van der Waals surface area contributed by atoms with E-state index >= 15 is 0 Å². The number of carboxylic acid groups (broad SMARTS) is 1. The molecule has 7 nitrogen and oxygen atoms in total. The van der Waals surface area contributed by atoms with E-state index < -0.39 is 17.9 Å². The molecule has 3 N–H and O–H groups in total. The number of carbonyl (C=O) groups is 3. The van der Waals surface area contributed by atoms with Gasteiger partial charge in [0, 0.05) is 23.2 Å². The molecule has 0 saturated heterocycles. The summed E-state index contributed by atoms with van der Waals surface area (Å²) in [5.41, 5.74) is 5.77. The zero-order chi connectivity index (χ0) is 27.2. The van der Waals surface area contributed by atoms with Crippen molar-refractivity contribution in [1.82, 2.24) is 5.32 Å². The molecule has 0 aliphatic rings. The monoisotopic (exact) mass is 510 g/mol. The molecule has 0 aliphatic carbocycles. The number of aryl methyl sites for hydroxylation is 3. The van der Waals surface area contributed by atoms with Gasteiger partial charge in [0.2, 0.25) is 0 Å². The summed E-state index contributed by atoms with van der Waals surface area (Å²) in [4.78, 5) is 37.3. The van der Waals surface area contributed by atoms with Crippen molar-refractivity contribution in [3.05, 3.63) is 112 Å². The van der Waals surface area contributed by atoms with E-state index in [1.54, 1.807) is 36.4 Å². The Morgan fingerprint density at radius 2 is 1.53 bits per heavy atom. The molecule has 194 valence electrons. The fraction of sp³-hybridized carbons (Fsp3) is 0.194. The Labute approximate surface area is 221 Å². The molecule has 38 heavy (non-hydrogen) atoms. The smallest absolute Gasteiger partial charge is 0.326 e. The van der Waals surface area contributed by atoms with E-state index in [2.05, 4.69) is 17.6 Å². The van der Waals surface area contributed by atoms with E-state index in [4.69, 9.17) is 4.42 Å². The van der Waals surface area contributed by atoms with Crippen molar-refractivity contribution in [2.24, 2.45) is 0 Å². The van der Waals surface area contributed by atoms with E-state index in [-0.39, 0.29) is 18.1 Å². The summed E-state index contributed by atoms with van der Waals surface area (Å²) < 4.78 is 5.68. The number of amides is 2. The van der Waals surface area contributed by atoms with Crippen LogP contribution in [0.1, 0.15) is 50.1 Å². The van der Waals surface area contributed by atoms with Gasteiger partial charge < -0.3 is 20.2 Å². The fourth-order valence-electron chi connectivity index (χ4n) is 4.08. The van der Waals surface area contributed by atoms with Crippen molar-refractivity contribution in [2.75, 3.05) is 5.32 Å². The molecule has 3 aromatic carbocycles. The Hall–Kier alpha value is -4.65. The first-order valence-electron chi connectivity index (χ1n) is 12.4. The molecule has 1 atom stereocenters. The Morgan fingerprint density at radius 1 is 0.842 bits per heavy atom. The topological polar surface area (TPSA) is 109 Å². The van der Waals surface area contributed by atoms with Crippen LogP contribution in [0.15, 0.2) is 83.3 Å². The van der Waals surface area contributed by atoms with Gasteiger partial charge in [-0.2, -0.15) is 0 Å². The highest BCUT2D eigenvalue weighted by Gasteiger charge is 2.23. The zero-order valence-corrected chi connectivity index (χ0v) is 21.6. The van der Waals surface area contributed by atoms with Gasteiger partial charge in [-0.1, -0.05) is 61.0 Å². The Morgan fingerprint density at radius 3 is 2.16 bits per heavy atom. The highest BCUT2D eigenvalue weighted by molar-refractivity contribution is 6.04. The molecule has 0 fully saturated rings. The van der Waals surface area contributed by atoms with Crippen LogP contribution in [0.25, 0.3) is 11.3 Å². The molecule has 4 aromatic rings. The molecule has 7 heteroatoms. The SMILES string of the molecule is CCc1ccc(C(=O)Nc2ccc(CC(NC(=O)c3ccc(-c4ccc(C)cc4)o3)C(=O)O)cc2C)cc1. The van der Waals surface area contributed by atoms with Crippen molar-refractivity contribution < 1.29 is 23.9 Å². The Bertz CT molecular complexity index is 1450. The predicted molar refractivity (Wildman–Crippen MR) is 146 cm³/mol. The first-order valence-corrected chi connectivity index (χ1v) is 12.4. The van der Waals surface area contributed by atoms with Crippen LogP contribution >= 0.6 is 0 Å². The second-order valence-corrected chi connectivity index (χ2v) is 9.25. The third kappa shape index (κ3) is 6.37. The summed E-state index contributed by atoms with van der Waals surface area (Å²) >= 11 is 0. The van der Waals surface area contributed by atoms with Gasteiger partial charge in [-0.05, 0) is 67.3 Å². The quantitative estimate of drug-likeness (QED) is 0.264. The van der Waals surface area contributed by atoms with Crippen LogP contribution in [0.5, 0.6) is 0 Å². The van der Waals surface area contributed by atoms with Gasteiger partial charge in [-0.25, -0.2) is 4.79 Å². The molecule has 0 aliphatic heterocycles. The minimum Gasteiger partial charge on any atom is -0.480 e. The molecule has 0 bridgehead atoms. The van der Waals surface area contributed by atoms with E-state index in [1.165, 1.54) is 6.07 Å². The van der Waals surface area contributed by atoms with Crippen LogP contribution < -0.4 is 10.6 Å². The first-order chi connectivity index (χ1) is 18.2. The second-order valence-electron chi connectivity index (χ2n) is 9.25. The van der Waals surface area contributed by atoms with E-state index in [9.17, 15) is 19.5 Å². The second kappa shape index (κ2) is 11.6. The van der Waals surface area contributed by atoms with Crippen molar-refractivity contribution in [3.8, 4) is 11.3 Å². The number of carboxylic acids is 1. The molecule has 0 saturated carbocycles. The van der Waals surface area contributed by atoms with Crippen molar-refractivity contribution in [1.29, 1.82) is 0 Å². The summed E-state index contributed by atoms with van der Waals surface area (Å²) in [5.74, 6) is -1.42. The number of hydrogen-bond donors (Lipinski definition) is 3. The van der Waals surface area contributed by atoms with Crippen LogP contribution in [-0.4, -0.2) is 28.9 Å². The summed E-state index contributed by atoms with van der Waals surface area (Å²) in [5, 5.41) is 15.2.